The molecule has 1 unspecified atom stereocenters. The van der Waals surface area contributed by atoms with Crippen LogP contribution in [0.15, 0.2) is 32.0 Å². The highest BCUT2D eigenvalue weighted by Crippen LogP contribution is 2.31. The molecule has 0 bridgehead atoms. The van der Waals surface area contributed by atoms with Gasteiger partial charge in [0.15, 0.2) is 0 Å². The van der Waals surface area contributed by atoms with Crippen LogP contribution in [0.2, 0.25) is 0 Å². The van der Waals surface area contributed by atoms with Crippen LogP contribution in [-0.4, -0.2) is 37.0 Å². The van der Waals surface area contributed by atoms with Crippen molar-refractivity contribution in [3.63, 3.8) is 0 Å². The van der Waals surface area contributed by atoms with Crippen molar-refractivity contribution in [3.8, 4) is 0 Å². The van der Waals surface area contributed by atoms with Gasteiger partial charge >= 0.3 is 0 Å². The molecule has 2 rings (SSSR count). The van der Waals surface area contributed by atoms with E-state index in [0.29, 0.717) is 30.4 Å². The quantitative estimate of drug-likeness (QED) is 0.808. The van der Waals surface area contributed by atoms with E-state index in [0.717, 1.165) is 4.47 Å². The molecule has 1 N–H and O–H groups in total. The first-order chi connectivity index (χ1) is 9.32. The Hall–Kier alpha value is 0.0500. The molecule has 20 heavy (non-hydrogen) atoms. The Bertz CT molecular complexity index is 581. The Morgan fingerprint density at radius 2 is 1.90 bits per heavy atom. The van der Waals surface area contributed by atoms with Gasteiger partial charge in [-0.05, 0) is 59.8 Å². The number of hydrogen-bond acceptors (Lipinski definition) is 3. The lowest BCUT2D eigenvalue weighted by Crippen LogP contribution is -2.40. The maximum atomic E-state index is 12.6. The molecule has 4 nitrogen and oxygen atoms in total. The van der Waals surface area contributed by atoms with Crippen LogP contribution in [0.25, 0.3) is 0 Å². The molecule has 1 aliphatic heterocycles. The van der Waals surface area contributed by atoms with Crippen LogP contribution in [-0.2, 0) is 10.0 Å². The van der Waals surface area contributed by atoms with Gasteiger partial charge in [0.25, 0.3) is 0 Å². The molecule has 1 atom stereocenters. The van der Waals surface area contributed by atoms with Crippen LogP contribution in [0.5, 0.6) is 0 Å². The molecular formula is C13H17Br2NO3S. The molecule has 0 aliphatic carbocycles. The molecule has 0 aromatic heterocycles. The third kappa shape index (κ3) is 3.44. The Balaban J connectivity index is 2.20. The number of aliphatic hydroxyl groups is 1. The molecule has 7 heteroatoms. The summed E-state index contributed by atoms with van der Waals surface area (Å²) in [6.45, 7) is 2.68. The van der Waals surface area contributed by atoms with Gasteiger partial charge in [-0.2, -0.15) is 4.31 Å². The van der Waals surface area contributed by atoms with Crippen LogP contribution in [0.1, 0.15) is 19.8 Å². The Labute approximate surface area is 136 Å². The Morgan fingerprint density at radius 3 is 2.40 bits per heavy atom. The van der Waals surface area contributed by atoms with Crippen molar-refractivity contribution < 1.29 is 13.5 Å². The first-order valence-corrected chi connectivity index (χ1v) is 9.48. The summed E-state index contributed by atoms with van der Waals surface area (Å²) in [7, 11) is -3.47. The monoisotopic (exact) mass is 425 g/mol. The fourth-order valence-corrected chi connectivity index (χ4v) is 5.60. The van der Waals surface area contributed by atoms with Crippen molar-refractivity contribution in [1.82, 2.24) is 4.31 Å². The van der Waals surface area contributed by atoms with Crippen LogP contribution < -0.4 is 0 Å². The van der Waals surface area contributed by atoms with Gasteiger partial charge in [-0.15, -0.1) is 0 Å². The van der Waals surface area contributed by atoms with Gasteiger partial charge in [0.05, 0.1) is 11.0 Å². The minimum absolute atomic E-state index is 0.190. The molecule has 1 aliphatic rings. The lowest BCUT2D eigenvalue weighted by Gasteiger charge is -2.32. The van der Waals surface area contributed by atoms with E-state index < -0.39 is 10.0 Å². The van der Waals surface area contributed by atoms with Gasteiger partial charge in [0.1, 0.15) is 0 Å². The van der Waals surface area contributed by atoms with Gasteiger partial charge in [0, 0.05) is 22.0 Å². The first-order valence-electron chi connectivity index (χ1n) is 6.45. The zero-order chi connectivity index (χ0) is 14.9. The lowest BCUT2D eigenvalue weighted by molar-refractivity contribution is 0.0912. The number of nitrogens with zero attached hydrogens (tertiary/aromatic N) is 1. The van der Waals surface area contributed by atoms with E-state index in [1.54, 1.807) is 25.1 Å². The van der Waals surface area contributed by atoms with Crippen LogP contribution in [0, 0.1) is 5.92 Å². The molecule has 0 radical (unpaired) electrons. The molecule has 1 aromatic rings. The molecule has 0 saturated carbocycles. The largest absolute Gasteiger partial charge is 0.393 e. The van der Waals surface area contributed by atoms with Crippen LogP contribution in [0.4, 0.5) is 0 Å². The highest BCUT2D eigenvalue weighted by Gasteiger charge is 2.31. The molecule has 112 valence electrons. The topological polar surface area (TPSA) is 57.6 Å². The molecule has 0 spiro atoms. The Morgan fingerprint density at radius 1 is 1.30 bits per heavy atom. The zero-order valence-corrected chi connectivity index (χ0v) is 15.1. The van der Waals surface area contributed by atoms with Crippen molar-refractivity contribution in [2.24, 2.45) is 5.92 Å². The Kier molecular flexibility index (Phi) is 5.29. The van der Waals surface area contributed by atoms with E-state index >= 15 is 0 Å². The number of halogens is 2. The van der Waals surface area contributed by atoms with E-state index in [-0.39, 0.29) is 16.9 Å². The summed E-state index contributed by atoms with van der Waals surface area (Å²) in [5, 5.41) is 9.58. The van der Waals surface area contributed by atoms with E-state index in [1.807, 2.05) is 0 Å². The minimum atomic E-state index is -3.47. The number of piperidine rings is 1. The van der Waals surface area contributed by atoms with Gasteiger partial charge in [-0.1, -0.05) is 15.9 Å². The van der Waals surface area contributed by atoms with E-state index in [1.165, 1.54) is 4.31 Å². The van der Waals surface area contributed by atoms with Crippen molar-refractivity contribution in [2.45, 2.75) is 30.8 Å². The third-order valence-electron chi connectivity index (χ3n) is 3.69. The number of aliphatic hydroxyl groups excluding tert-OH is 1. The normalized spacial score (nSPS) is 20.0. The average Bonchev–Trinajstić information content (AvgIpc) is 2.38. The summed E-state index contributed by atoms with van der Waals surface area (Å²) in [6.07, 6.45) is 1.02. The number of hydrogen-bond donors (Lipinski definition) is 1. The average molecular weight is 427 g/mol. The van der Waals surface area contributed by atoms with Crippen LogP contribution in [0.3, 0.4) is 0 Å². The van der Waals surface area contributed by atoms with E-state index in [4.69, 9.17) is 0 Å². The maximum absolute atomic E-state index is 12.6. The van der Waals surface area contributed by atoms with E-state index in [9.17, 15) is 13.5 Å². The molecule has 0 amide bonds. The summed E-state index contributed by atoms with van der Waals surface area (Å²) >= 11 is 6.63. The summed E-state index contributed by atoms with van der Waals surface area (Å²) < 4.78 is 28.1. The molecule has 1 fully saturated rings. The third-order valence-corrected chi connectivity index (χ3v) is 7.06. The summed E-state index contributed by atoms with van der Waals surface area (Å²) in [4.78, 5) is 0.288. The lowest BCUT2D eigenvalue weighted by atomic mass is 9.93. The van der Waals surface area contributed by atoms with Crippen molar-refractivity contribution in [3.05, 3.63) is 27.1 Å². The zero-order valence-electron chi connectivity index (χ0n) is 11.1. The molecule has 1 heterocycles. The standard InChI is InChI=1S/C13H17Br2NO3S/c1-9(17)10-4-6-16(7-5-10)20(18,19)13-3-2-11(14)8-12(13)15/h2-3,8-10,17H,4-7H2,1H3. The number of rotatable bonds is 3. The predicted molar refractivity (Wildman–Crippen MR) is 85.0 cm³/mol. The van der Waals surface area contributed by atoms with Gasteiger partial charge in [0.2, 0.25) is 10.0 Å². The molecule has 1 saturated heterocycles. The summed E-state index contributed by atoms with van der Waals surface area (Å²) in [6, 6.07) is 5.06. The first kappa shape index (κ1) is 16.4. The van der Waals surface area contributed by atoms with Crippen molar-refractivity contribution in [1.29, 1.82) is 0 Å². The fourth-order valence-electron chi connectivity index (χ4n) is 2.42. The van der Waals surface area contributed by atoms with Gasteiger partial charge in [-0.25, -0.2) is 8.42 Å². The highest BCUT2D eigenvalue weighted by molar-refractivity contribution is 9.11. The number of sulfonamides is 1. The predicted octanol–water partition coefficient (Wildman–Crippen LogP) is 2.99. The second-order valence-electron chi connectivity index (χ2n) is 5.06. The maximum Gasteiger partial charge on any atom is 0.244 e. The van der Waals surface area contributed by atoms with Crippen molar-refractivity contribution >= 4 is 41.9 Å². The van der Waals surface area contributed by atoms with Crippen molar-refractivity contribution in [2.75, 3.05) is 13.1 Å². The fraction of sp³-hybridized carbons (Fsp3) is 0.538. The van der Waals surface area contributed by atoms with E-state index in [2.05, 4.69) is 31.9 Å². The second-order valence-corrected chi connectivity index (χ2v) is 8.73. The molecular weight excluding hydrogens is 410 g/mol. The molecule has 1 aromatic carbocycles. The van der Waals surface area contributed by atoms with Gasteiger partial charge < -0.3 is 5.11 Å². The smallest absolute Gasteiger partial charge is 0.244 e. The number of benzene rings is 1. The SMILES string of the molecule is CC(O)C1CCN(S(=O)(=O)c2ccc(Br)cc2Br)CC1. The summed E-state index contributed by atoms with van der Waals surface area (Å²) in [5.74, 6) is 0.190. The summed E-state index contributed by atoms with van der Waals surface area (Å²) in [5.41, 5.74) is 0. The second kappa shape index (κ2) is 6.44. The van der Waals surface area contributed by atoms with Crippen LogP contribution >= 0.6 is 31.9 Å². The van der Waals surface area contributed by atoms with Gasteiger partial charge in [-0.3, -0.25) is 0 Å². The minimum Gasteiger partial charge on any atom is -0.393 e. The highest BCUT2D eigenvalue weighted by atomic mass is 79.9.